The van der Waals surface area contributed by atoms with Gasteiger partial charge < -0.3 is 0 Å². The van der Waals surface area contributed by atoms with Crippen LogP contribution in [0.2, 0.25) is 0 Å². The molecule has 0 radical (unpaired) electrons. The Bertz CT molecular complexity index is 100. The Labute approximate surface area is 61.2 Å². The highest BCUT2D eigenvalue weighted by molar-refractivity contribution is 4.58. The van der Waals surface area contributed by atoms with Crippen LogP contribution in [0.3, 0.4) is 0 Å². The highest BCUT2D eigenvalue weighted by Gasteiger charge is 2.47. The number of hydrogen-bond acceptors (Lipinski definition) is 0. The molecule has 4 bridgehead atoms. The van der Waals surface area contributed by atoms with Crippen LogP contribution in [0.1, 0.15) is 0 Å². The molecule has 0 unspecified atom stereocenters. The summed E-state index contributed by atoms with van der Waals surface area (Å²) >= 11 is 0. The van der Waals surface area contributed by atoms with Gasteiger partial charge >= 0.3 is 0 Å². The van der Waals surface area contributed by atoms with Gasteiger partial charge in [-0.05, 0) is 0 Å². The van der Waals surface area contributed by atoms with Gasteiger partial charge in [-0.2, -0.15) is 0 Å². The monoisotopic (exact) mass is 142 g/mol. The van der Waals surface area contributed by atoms with Crippen molar-refractivity contribution in [2.24, 2.45) is 5.92 Å². The lowest BCUT2D eigenvalue weighted by atomic mass is 10.0. The van der Waals surface area contributed by atoms with Crippen LogP contribution in [0.4, 0.5) is 0 Å². The zero-order chi connectivity index (χ0) is 6.55. The minimum Gasteiger partial charge on any atom is -0.241 e. The average Bonchev–Trinajstić information content (AvgIpc) is 1.82. The molecule has 0 saturated carbocycles. The lowest BCUT2D eigenvalue weighted by molar-refractivity contribution is -1.29. The van der Waals surface area contributed by atoms with E-state index in [1.807, 2.05) is 14.7 Å². The fourth-order valence-electron chi connectivity index (χ4n) is 3.12. The highest BCUT2D eigenvalue weighted by Crippen LogP contribution is 1.90. The zero-order valence-electron chi connectivity index (χ0n) is 6.32. The van der Waals surface area contributed by atoms with E-state index in [-0.39, 0.29) is 0 Å². The Morgan fingerprint density at radius 1 is 0.700 bits per heavy atom. The normalized spacial score (nSPS) is 57.6. The van der Waals surface area contributed by atoms with Gasteiger partial charge in [-0.1, -0.05) is 0 Å². The summed E-state index contributed by atoms with van der Waals surface area (Å²) in [6.07, 6.45) is 0. The summed E-state index contributed by atoms with van der Waals surface area (Å²) in [7, 11) is 0. The average molecular weight is 142 g/mol. The fourth-order valence-corrected chi connectivity index (χ4v) is 3.12. The third-order valence-corrected chi connectivity index (χ3v) is 3.23. The van der Waals surface area contributed by atoms with Crippen molar-refractivity contribution in [2.75, 3.05) is 39.6 Å². The SMILES string of the molecule is C1C2C[NH+]3C[NH+]1C[NH+](C2)C3. The second-order valence-electron chi connectivity index (χ2n) is 4.26. The van der Waals surface area contributed by atoms with E-state index in [1.54, 1.807) is 0 Å². The molecule has 0 aromatic heterocycles. The van der Waals surface area contributed by atoms with Crippen molar-refractivity contribution in [1.29, 1.82) is 0 Å². The Balaban J connectivity index is 1.90. The number of hydrogen-bond donors (Lipinski definition) is 3. The van der Waals surface area contributed by atoms with Crippen LogP contribution < -0.4 is 14.7 Å². The maximum absolute atomic E-state index is 1.86. The first kappa shape index (κ1) is 5.52. The summed E-state index contributed by atoms with van der Waals surface area (Å²) in [5, 5.41) is 0. The molecule has 0 aromatic carbocycles. The molecule has 4 heterocycles. The summed E-state index contributed by atoms with van der Waals surface area (Å²) in [4.78, 5) is 5.58. The Kier molecular flexibility index (Phi) is 0.952. The molecule has 0 spiro atoms. The lowest BCUT2D eigenvalue weighted by Gasteiger charge is -2.46. The van der Waals surface area contributed by atoms with E-state index >= 15 is 0 Å². The predicted molar refractivity (Wildman–Crippen MR) is 35.6 cm³/mol. The first-order valence-corrected chi connectivity index (χ1v) is 4.41. The van der Waals surface area contributed by atoms with Crippen molar-refractivity contribution in [3.05, 3.63) is 0 Å². The molecule has 0 amide bonds. The van der Waals surface area contributed by atoms with Crippen LogP contribution in [0, 0.1) is 5.92 Å². The molecule has 4 aliphatic rings. The van der Waals surface area contributed by atoms with Crippen LogP contribution in [0.15, 0.2) is 0 Å². The minimum atomic E-state index is 1.07. The summed E-state index contributed by atoms with van der Waals surface area (Å²) in [6.45, 7) is 8.69. The van der Waals surface area contributed by atoms with Gasteiger partial charge in [0.2, 0.25) is 20.0 Å². The van der Waals surface area contributed by atoms with Crippen LogP contribution >= 0.6 is 0 Å². The maximum atomic E-state index is 1.86. The molecule has 4 rings (SSSR count). The van der Waals surface area contributed by atoms with Crippen molar-refractivity contribution in [3.63, 3.8) is 0 Å². The molecule has 4 fully saturated rings. The van der Waals surface area contributed by atoms with E-state index in [1.165, 1.54) is 39.6 Å². The van der Waals surface area contributed by atoms with Crippen molar-refractivity contribution in [3.8, 4) is 0 Å². The quantitative estimate of drug-likeness (QED) is 0.300. The highest BCUT2D eigenvalue weighted by atomic mass is 15.5. The summed E-state index contributed by atoms with van der Waals surface area (Å²) in [5.41, 5.74) is 0. The van der Waals surface area contributed by atoms with E-state index in [4.69, 9.17) is 0 Å². The second kappa shape index (κ2) is 1.72. The third kappa shape index (κ3) is 0.654. The van der Waals surface area contributed by atoms with E-state index in [0.29, 0.717) is 0 Å². The van der Waals surface area contributed by atoms with E-state index in [0.717, 1.165) is 5.92 Å². The largest absolute Gasteiger partial charge is 0.241 e. The van der Waals surface area contributed by atoms with Gasteiger partial charge in [-0.3, -0.25) is 0 Å². The van der Waals surface area contributed by atoms with E-state index in [9.17, 15) is 0 Å². The van der Waals surface area contributed by atoms with E-state index < -0.39 is 0 Å². The third-order valence-electron chi connectivity index (χ3n) is 3.23. The summed E-state index contributed by atoms with van der Waals surface area (Å²) < 4.78 is 0. The standard InChI is InChI=1S/C7H13N3/c1-7-2-9-4-8(1)5-10(3-7)6-9/h7H,1-6H2/p+3. The molecule has 0 aromatic rings. The van der Waals surface area contributed by atoms with Crippen LogP contribution in [0.25, 0.3) is 0 Å². The lowest BCUT2D eigenvalue weighted by Crippen LogP contribution is -3.55. The molecule has 4 aliphatic heterocycles. The van der Waals surface area contributed by atoms with Crippen LogP contribution in [-0.2, 0) is 0 Å². The topological polar surface area (TPSA) is 13.3 Å². The van der Waals surface area contributed by atoms with Gasteiger partial charge in [0.05, 0.1) is 19.6 Å². The van der Waals surface area contributed by atoms with Gasteiger partial charge in [0.1, 0.15) is 5.92 Å². The maximum Gasteiger partial charge on any atom is 0.213 e. The summed E-state index contributed by atoms with van der Waals surface area (Å²) in [5.74, 6) is 1.07. The minimum absolute atomic E-state index is 1.07. The summed E-state index contributed by atoms with van der Waals surface area (Å²) in [6, 6.07) is 0. The van der Waals surface area contributed by atoms with Gasteiger partial charge in [0, 0.05) is 0 Å². The Morgan fingerprint density at radius 2 is 1.10 bits per heavy atom. The zero-order valence-corrected chi connectivity index (χ0v) is 6.32. The number of rotatable bonds is 0. The molecule has 0 atom stereocenters. The smallest absolute Gasteiger partial charge is 0.213 e. The molecule has 3 N–H and O–H groups in total. The van der Waals surface area contributed by atoms with E-state index in [2.05, 4.69) is 0 Å². The van der Waals surface area contributed by atoms with Crippen LogP contribution in [0.5, 0.6) is 0 Å². The molecular weight excluding hydrogens is 126 g/mol. The van der Waals surface area contributed by atoms with Gasteiger partial charge in [0.15, 0.2) is 0 Å². The Morgan fingerprint density at radius 3 is 1.40 bits per heavy atom. The van der Waals surface area contributed by atoms with Crippen molar-refractivity contribution >= 4 is 0 Å². The predicted octanol–water partition coefficient (Wildman–Crippen LogP) is -4.83. The second-order valence-corrected chi connectivity index (χ2v) is 4.26. The van der Waals surface area contributed by atoms with Crippen molar-refractivity contribution in [1.82, 2.24) is 0 Å². The molecular formula is C7H16N3+3. The van der Waals surface area contributed by atoms with Gasteiger partial charge in [-0.25, -0.2) is 14.7 Å². The number of nitrogens with one attached hydrogen (secondary N) is 3. The van der Waals surface area contributed by atoms with Crippen LogP contribution in [-0.4, -0.2) is 39.6 Å². The molecule has 4 saturated heterocycles. The Hall–Kier alpha value is -0.120. The van der Waals surface area contributed by atoms with Crippen molar-refractivity contribution in [2.45, 2.75) is 0 Å². The first-order valence-electron chi connectivity index (χ1n) is 4.41. The van der Waals surface area contributed by atoms with Gasteiger partial charge in [0.25, 0.3) is 0 Å². The van der Waals surface area contributed by atoms with Gasteiger partial charge in [-0.15, -0.1) is 0 Å². The molecule has 0 aliphatic carbocycles. The fraction of sp³-hybridized carbons (Fsp3) is 1.00. The molecule has 3 heteroatoms. The molecule has 10 heavy (non-hydrogen) atoms. The molecule has 3 nitrogen and oxygen atoms in total. The number of quaternary nitrogens is 3. The molecule has 56 valence electrons. The van der Waals surface area contributed by atoms with Crippen molar-refractivity contribution < 1.29 is 14.7 Å². The first-order chi connectivity index (χ1) is 4.90.